The first-order valence-corrected chi connectivity index (χ1v) is 6.04. The third-order valence-corrected chi connectivity index (χ3v) is 3.12. The number of nitro benzene ring substituents is 1. The van der Waals surface area contributed by atoms with Crippen molar-refractivity contribution >= 4 is 17.6 Å². The van der Waals surface area contributed by atoms with Crippen LogP contribution in [0.4, 0.5) is 10.1 Å². The number of carbonyl (C=O) groups is 2. The van der Waals surface area contributed by atoms with E-state index in [1.807, 2.05) is 0 Å². The fourth-order valence-electron chi connectivity index (χ4n) is 2.08. The van der Waals surface area contributed by atoms with Crippen molar-refractivity contribution in [1.82, 2.24) is 5.32 Å². The zero-order valence-electron chi connectivity index (χ0n) is 10.7. The van der Waals surface area contributed by atoms with E-state index >= 15 is 0 Å². The number of amides is 1. The van der Waals surface area contributed by atoms with Crippen molar-refractivity contribution in [2.75, 3.05) is 0 Å². The Morgan fingerprint density at radius 2 is 2.10 bits per heavy atom. The molecule has 110 valence electrons. The molecule has 21 heavy (non-hydrogen) atoms. The molecule has 0 saturated heterocycles. The number of hydrogen-bond acceptors (Lipinski definition) is 4. The lowest BCUT2D eigenvalue weighted by molar-refractivity contribution is -0.385. The van der Waals surface area contributed by atoms with E-state index in [1.165, 1.54) is 12.2 Å². The SMILES string of the molecule is O=C(NC1C=CC(C(=O)O)C1)c1ccc(F)cc1[N+](=O)[O-]. The molecule has 0 aromatic heterocycles. The molecule has 0 spiro atoms. The van der Waals surface area contributed by atoms with Gasteiger partial charge in [0.05, 0.1) is 16.9 Å². The van der Waals surface area contributed by atoms with Crippen LogP contribution < -0.4 is 5.32 Å². The maximum Gasteiger partial charge on any atom is 0.310 e. The van der Waals surface area contributed by atoms with Crippen molar-refractivity contribution in [2.24, 2.45) is 5.92 Å². The van der Waals surface area contributed by atoms with Gasteiger partial charge in [-0.25, -0.2) is 4.39 Å². The minimum atomic E-state index is -1.00. The first-order chi connectivity index (χ1) is 9.88. The minimum Gasteiger partial charge on any atom is -0.481 e. The minimum absolute atomic E-state index is 0.177. The molecule has 1 aromatic rings. The summed E-state index contributed by atoms with van der Waals surface area (Å²) in [5.74, 6) is -3.26. The molecule has 0 radical (unpaired) electrons. The van der Waals surface area contributed by atoms with Crippen molar-refractivity contribution in [2.45, 2.75) is 12.5 Å². The number of hydrogen-bond donors (Lipinski definition) is 2. The topological polar surface area (TPSA) is 110 Å². The van der Waals surface area contributed by atoms with Crippen LogP contribution in [-0.4, -0.2) is 27.9 Å². The van der Waals surface area contributed by atoms with Gasteiger partial charge in [0.15, 0.2) is 0 Å². The normalized spacial score (nSPS) is 20.2. The molecule has 2 atom stereocenters. The molecule has 7 nitrogen and oxygen atoms in total. The van der Waals surface area contributed by atoms with Gasteiger partial charge in [-0.1, -0.05) is 12.2 Å². The second-order valence-electron chi connectivity index (χ2n) is 4.56. The second kappa shape index (κ2) is 5.70. The van der Waals surface area contributed by atoms with E-state index in [-0.39, 0.29) is 12.0 Å². The van der Waals surface area contributed by atoms with E-state index in [0.717, 1.165) is 12.1 Å². The average Bonchev–Trinajstić information content (AvgIpc) is 2.87. The van der Waals surface area contributed by atoms with Crippen molar-refractivity contribution in [3.05, 3.63) is 51.8 Å². The van der Waals surface area contributed by atoms with Gasteiger partial charge < -0.3 is 10.4 Å². The highest BCUT2D eigenvalue weighted by Crippen LogP contribution is 2.22. The van der Waals surface area contributed by atoms with Crippen molar-refractivity contribution in [3.63, 3.8) is 0 Å². The second-order valence-corrected chi connectivity index (χ2v) is 4.56. The number of carbonyl (C=O) groups excluding carboxylic acids is 1. The molecule has 0 bridgehead atoms. The number of benzene rings is 1. The monoisotopic (exact) mass is 294 g/mol. The van der Waals surface area contributed by atoms with E-state index < -0.39 is 40.3 Å². The molecule has 0 saturated carbocycles. The number of carboxylic acid groups (broad SMARTS) is 1. The molecule has 2 N–H and O–H groups in total. The molecule has 0 aliphatic heterocycles. The van der Waals surface area contributed by atoms with Gasteiger partial charge in [-0.2, -0.15) is 0 Å². The van der Waals surface area contributed by atoms with Gasteiger partial charge in [0.1, 0.15) is 11.4 Å². The van der Waals surface area contributed by atoms with Gasteiger partial charge in [-0.3, -0.25) is 19.7 Å². The highest BCUT2D eigenvalue weighted by atomic mass is 19.1. The highest BCUT2D eigenvalue weighted by Gasteiger charge is 2.28. The number of nitro groups is 1. The lowest BCUT2D eigenvalue weighted by Crippen LogP contribution is -2.33. The number of rotatable bonds is 4. The average molecular weight is 294 g/mol. The van der Waals surface area contributed by atoms with Crippen molar-refractivity contribution in [3.8, 4) is 0 Å². The van der Waals surface area contributed by atoms with Gasteiger partial charge in [-0.05, 0) is 18.6 Å². The predicted molar refractivity (Wildman–Crippen MR) is 69.2 cm³/mol. The molecule has 2 unspecified atom stereocenters. The smallest absolute Gasteiger partial charge is 0.310 e. The van der Waals surface area contributed by atoms with Crippen LogP contribution in [0.15, 0.2) is 30.4 Å². The largest absolute Gasteiger partial charge is 0.481 e. The Bertz CT molecular complexity index is 643. The maximum atomic E-state index is 13.0. The van der Waals surface area contributed by atoms with Gasteiger partial charge in [0, 0.05) is 6.04 Å². The number of aliphatic carboxylic acids is 1. The van der Waals surface area contributed by atoms with E-state index in [9.17, 15) is 24.1 Å². The molecule has 1 amide bonds. The van der Waals surface area contributed by atoms with Crippen molar-refractivity contribution in [1.29, 1.82) is 0 Å². The Morgan fingerprint density at radius 1 is 1.38 bits per heavy atom. The predicted octanol–water partition coefficient (Wildman–Crippen LogP) is 1.49. The molecule has 1 aromatic carbocycles. The lowest BCUT2D eigenvalue weighted by Gasteiger charge is -2.12. The zero-order chi connectivity index (χ0) is 15.6. The molecule has 2 rings (SSSR count). The fraction of sp³-hybridized carbons (Fsp3) is 0.231. The fourth-order valence-corrected chi connectivity index (χ4v) is 2.08. The van der Waals surface area contributed by atoms with Gasteiger partial charge in [-0.15, -0.1) is 0 Å². The summed E-state index contributed by atoms with van der Waals surface area (Å²) in [4.78, 5) is 32.8. The van der Waals surface area contributed by atoms with E-state index in [0.29, 0.717) is 6.07 Å². The summed E-state index contributed by atoms with van der Waals surface area (Å²) >= 11 is 0. The highest BCUT2D eigenvalue weighted by molar-refractivity contribution is 5.98. The Hall–Kier alpha value is -2.77. The van der Waals surface area contributed by atoms with Crippen LogP contribution in [0, 0.1) is 21.8 Å². The lowest BCUT2D eigenvalue weighted by atomic mass is 10.1. The number of nitrogens with zero attached hydrogens (tertiary/aromatic N) is 1. The van der Waals surface area contributed by atoms with Crippen molar-refractivity contribution < 1.29 is 24.0 Å². The first-order valence-electron chi connectivity index (χ1n) is 6.04. The quantitative estimate of drug-likeness (QED) is 0.496. The number of carboxylic acids is 1. The van der Waals surface area contributed by atoms with E-state index in [1.54, 1.807) is 0 Å². The van der Waals surface area contributed by atoms with Crippen LogP contribution in [0.5, 0.6) is 0 Å². The number of nitrogens with one attached hydrogen (secondary N) is 1. The molecule has 1 aliphatic carbocycles. The van der Waals surface area contributed by atoms with E-state index in [4.69, 9.17) is 5.11 Å². The zero-order valence-corrected chi connectivity index (χ0v) is 10.7. The van der Waals surface area contributed by atoms with Crippen LogP contribution in [0.3, 0.4) is 0 Å². The summed E-state index contributed by atoms with van der Waals surface area (Å²) in [5.41, 5.74) is -0.905. The first kappa shape index (κ1) is 14.6. The van der Waals surface area contributed by atoms with Gasteiger partial charge >= 0.3 is 5.97 Å². The standard InChI is InChI=1S/C13H11FN2O5/c14-8-2-4-10(11(6-8)16(20)21)12(17)15-9-3-1-7(5-9)13(18)19/h1-4,6-7,9H,5H2,(H,15,17)(H,18,19). The molecule has 1 aliphatic rings. The summed E-state index contributed by atoms with van der Waals surface area (Å²) in [6, 6.07) is 2.12. The maximum absolute atomic E-state index is 13.0. The Labute approximate surface area is 118 Å². The summed E-state index contributed by atoms with van der Waals surface area (Å²) in [6.07, 6.45) is 3.15. The third kappa shape index (κ3) is 3.22. The number of halogens is 1. The van der Waals surface area contributed by atoms with Crippen LogP contribution in [-0.2, 0) is 4.79 Å². The van der Waals surface area contributed by atoms with Crippen LogP contribution in [0.2, 0.25) is 0 Å². The Morgan fingerprint density at radius 3 is 2.67 bits per heavy atom. The molecular weight excluding hydrogens is 283 g/mol. The summed E-state index contributed by atoms with van der Waals surface area (Å²) in [6.45, 7) is 0. The van der Waals surface area contributed by atoms with Crippen LogP contribution >= 0.6 is 0 Å². The van der Waals surface area contributed by atoms with E-state index in [2.05, 4.69) is 5.32 Å². The molecule has 8 heteroatoms. The van der Waals surface area contributed by atoms with Crippen LogP contribution in [0.1, 0.15) is 16.8 Å². The summed E-state index contributed by atoms with van der Waals surface area (Å²) < 4.78 is 13.0. The molecular formula is C13H11FN2O5. The summed E-state index contributed by atoms with van der Waals surface area (Å²) in [5, 5.41) is 22.1. The van der Waals surface area contributed by atoms with Gasteiger partial charge in [0.2, 0.25) is 0 Å². The molecule has 0 fully saturated rings. The van der Waals surface area contributed by atoms with Gasteiger partial charge in [0.25, 0.3) is 11.6 Å². The third-order valence-electron chi connectivity index (χ3n) is 3.12. The summed E-state index contributed by atoms with van der Waals surface area (Å²) in [7, 11) is 0. The Balaban J connectivity index is 2.13. The molecule has 0 heterocycles. The van der Waals surface area contributed by atoms with Crippen LogP contribution in [0.25, 0.3) is 0 Å². The Kier molecular flexibility index (Phi) is 3.97.